The van der Waals surface area contributed by atoms with E-state index in [1.807, 2.05) is 43.5 Å². The Bertz CT molecular complexity index is 1390. The Morgan fingerprint density at radius 1 is 1.03 bits per heavy atom. The number of carbonyl (C=O) groups is 1. The molecule has 0 saturated heterocycles. The maximum atomic E-state index is 13.9. The van der Waals surface area contributed by atoms with Gasteiger partial charge in [-0.25, -0.2) is 18.2 Å². The van der Waals surface area contributed by atoms with Crippen LogP contribution in [-0.4, -0.2) is 36.7 Å². The zero-order valence-corrected chi connectivity index (χ0v) is 18.9. The summed E-state index contributed by atoms with van der Waals surface area (Å²) in [4.78, 5) is 19.7. The monoisotopic (exact) mass is 465 g/mol. The molecule has 0 spiro atoms. The number of benzene rings is 2. The molecule has 2 aromatic heterocycles. The quantitative estimate of drug-likeness (QED) is 0.414. The van der Waals surface area contributed by atoms with Crippen molar-refractivity contribution in [3.05, 3.63) is 83.2 Å². The molecule has 5 rings (SSSR count). The second-order valence-corrected chi connectivity index (χ2v) is 8.44. The molecular formula is C25H22F3N5O. The Kier molecular flexibility index (Phi) is 5.27. The van der Waals surface area contributed by atoms with E-state index in [9.17, 15) is 18.0 Å². The Labute approximate surface area is 194 Å². The van der Waals surface area contributed by atoms with Gasteiger partial charge in [-0.05, 0) is 25.5 Å². The van der Waals surface area contributed by atoms with Crippen LogP contribution in [0.5, 0.6) is 0 Å². The molecule has 34 heavy (non-hydrogen) atoms. The summed E-state index contributed by atoms with van der Waals surface area (Å²) in [5.41, 5.74) is 3.76. The van der Waals surface area contributed by atoms with E-state index in [4.69, 9.17) is 0 Å². The third kappa shape index (κ3) is 3.48. The van der Waals surface area contributed by atoms with Gasteiger partial charge in [0.25, 0.3) is 5.91 Å². The minimum absolute atomic E-state index is 0.205. The highest BCUT2D eigenvalue weighted by Crippen LogP contribution is 2.37. The molecule has 4 aromatic rings. The van der Waals surface area contributed by atoms with E-state index in [0.717, 1.165) is 23.3 Å². The van der Waals surface area contributed by atoms with Gasteiger partial charge in [0.2, 0.25) is 0 Å². The first-order valence-electron chi connectivity index (χ1n) is 10.9. The van der Waals surface area contributed by atoms with Gasteiger partial charge in [0.15, 0.2) is 23.3 Å². The summed E-state index contributed by atoms with van der Waals surface area (Å²) in [6.45, 7) is 2.24. The van der Waals surface area contributed by atoms with Crippen molar-refractivity contribution in [1.29, 1.82) is 0 Å². The van der Waals surface area contributed by atoms with E-state index in [1.54, 1.807) is 23.6 Å². The summed E-state index contributed by atoms with van der Waals surface area (Å²) in [7, 11) is 3.44. The molecule has 0 N–H and O–H groups in total. The zero-order chi connectivity index (χ0) is 24.1. The molecular weight excluding hydrogens is 443 g/mol. The average Bonchev–Trinajstić information content (AvgIpc) is 3.37. The first-order chi connectivity index (χ1) is 16.3. The van der Waals surface area contributed by atoms with E-state index in [1.165, 1.54) is 4.68 Å². The van der Waals surface area contributed by atoms with Crippen LogP contribution in [0.3, 0.4) is 0 Å². The Morgan fingerprint density at radius 3 is 2.38 bits per heavy atom. The summed E-state index contributed by atoms with van der Waals surface area (Å²) < 4.78 is 44.5. The summed E-state index contributed by atoms with van der Waals surface area (Å²) in [5, 5.41) is 4.55. The summed E-state index contributed by atoms with van der Waals surface area (Å²) in [6.07, 6.45) is 2.25. The van der Waals surface area contributed by atoms with Crippen LogP contribution in [0, 0.1) is 17.5 Å². The van der Waals surface area contributed by atoms with Gasteiger partial charge in [0.05, 0.1) is 23.1 Å². The molecule has 6 nitrogen and oxygen atoms in total. The van der Waals surface area contributed by atoms with Crippen molar-refractivity contribution in [3.8, 4) is 22.5 Å². The lowest BCUT2D eigenvalue weighted by Gasteiger charge is -2.32. The molecule has 3 heterocycles. The van der Waals surface area contributed by atoms with Gasteiger partial charge in [0.1, 0.15) is 0 Å². The van der Waals surface area contributed by atoms with Crippen LogP contribution in [0.2, 0.25) is 0 Å². The lowest BCUT2D eigenvalue weighted by atomic mass is 9.95. The summed E-state index contributed by atoms with van der Waals surface area (Å²) in [6, 6.07) is 11.2. The third-order valence-corrected chi connectivity index (χ3v) is 6.30. The molecule has 174 valence electrons. The number of rotatable bonds is 3. The maximum Gasteiger partial charge on any atom is 0.290 e. The number of aryl methyl sites for hydroxylation is 2. The van der Waals surface area contributed by atoms with Crippen LogP contribution in [0.4, 0.5) is 13.2 Å². The smallest absolute Gasteiger partial charge is 0.290 e. The molecule has 1 atom stereocenters. The second-order valence-electron chi connectivity index (χ2n) is 8.44. The zero-order valence-electron chi connectivity index (χ0n) is 18.9. The number of hydrogen-bond acceptors (Lipinski definition) is 3. The molecule has 1 aliphatic heterocycles. The molecule has 1 aliphatic rings. The van der Waals surface area contributed by atoms with Gasteiger partial charge in [-0.1, -0.05) is 30.3 Å². The number of hydrogen-bond donors (Lipinski definition) is 0. The predicted molar refractivity (Wildman–Crippen MR) is 120 cm³/mol. The van der Waals surface area contributed by atoms with Crippen molar-refractivity contribution in [2.24, 2.45) is 14.1 Å². The van der Waals surface area contributed by atoms with Crippen LogP contribution in [0.25, 0.3) is 22.5 Å². The molecule has 0 saturated carbocycles. The fraction of sp³-hybridized carbons (Fsp3) is 0.240. The van der Waals surface area contributed by atoms with Crippen LogP contribution in [0.15, 0.2) is 48.7 Å². The highest BCUT2D eigenvalue weighted by atomic mass is 19.2. The normalized spacial score (nSPS) is 15.5. The van der Waals surface area contributed by atoms with Crippen LogP contribution < -0.4 is 0 Å². The van der Waals surface area contributed by atoms with Gasteiger partial charge in [-0.2, -0.15) is 5.10 Å². The summed E-state index contributed by atoms with van der Waals surface area (Å²) in [5.74, 6) is -3.93. The molecule has 2 aromatic carbocycles. The molecule has 0 fully saturated rings. The summed E-state index contributed by atoms with van der Waals surface area (Å²) >= 11 is 0. The highest BCUT2D eigenvalue weighted by molar-refractivity contribution is 5.92. The lowest BCUT2D eigenvalue weighted by Crippen LogP contribution is -2.40. The Hall–Kier alpha value is -3.88. The maximum absolute atomic E-state index is 13.9. The first-order valence-corrected chi connectivity index (χ1v) is 10.9. The van der Waals surface area contributed by atoms with E-state index in [0.29, 0.717) is 35.9 Å². The topological polar surface area (TPSA) is 56.0 Å². The van der Waals surface area contributed by atoms with Crippen LogP contribution in [-0.2, 0) is 20.5 Å². The van der Waals surface area contributed by atoms with E-state index in [2.05, 4.69) is 10.1 Å². The number of imidazole rings is 1. The van der Waals surface area contributed by atoms with Gasteiger partial charge >= 0.3 is 0 Å². The van der Waals surface area contributed by atoms with Gasteiger partial charge in [0, 0.05) is 43.5 Å². The van der Waals surface area contributed by atoms with Crippen LogP contribution >= 0.6 is 0 Å². The molecule has 9 heteroatoms. The molecule has 0 unspecified atom stereocenters. The highest BCUT2D eigenvalue weighted by Gasteiger charge is 2.35. The second kappa shape index (κ2) is 8.16. The lowest BCUT2D eigenvalue weighted by molar-refractivity contribution is 0.0657. The standard InChI is InChI=1S/C25H22F3N5O/c1-14-22-17(23(32(3)30-22)16-11-18(26)21(28)19(27)12-16)9-10-33(14)25(34)24-29-20(13-31(24)2)15-7-5-4-6-8-15/h4-8,11-14H,9-10H2,1-3H3/t14-/m0/s1. The van der Waals surface area contributed by atoms with Crippen molar-refractivity contribution in [2.75, 3.05) is 6.54 Å². The van der Waals surface area contributed by atoms with E-state index >= 15 is 0 Å². The van der Waals surface area contributed by atoms with Gasteiger partial charge in [-0.3, -0.25) is 9.48 Å². The minimum atomic E-state index is -1.50. The number of amides is 1. The predicted octanol–water partition coefficient (Wildman–Crippen LogP) is 4.66. The van der Waals surface area contributed by atoms with E-state index in [-0.39, 0.29) is 17.5 Å². The SMILES string of the molecule is C[C@H]1c2nn(C)c(-c3cc(F)c(F)c(F)c3)c2CCN1C(=O)c1nc(-c2ccccc2)cn1C. The minimum Gasteiger partial charge on any atom is -0.329 e. The first kappa shape index (κ1) is 21.9. The molecule has 0 bridgehead atoms. The van der Waals surface area contributed by atoms with Crippen molar-refractivity contribution in [1.82, 2.24) is 24.2 Å². The van der Waals surface area contributed by atoms with Crippen molar-refractivity contribution in [2.45, 2.75) is 19.4 Å². The largest absolute Gasteiger partial charge is 0.329 e. The third-order valence-electron chi connectivity index (χ3n) is 6.30. The van der Waals surface area contributed by atoms with E-state index < -0.39 is 17.5 Å². The fourth-order valence-electron chi connectivity index (χ4n) is 4.62. The van der Waals surface area contributed by atoms with Crippen molar-refractivity contribution >= 4 is 5.91 Å². The van der Waals surface area contributed by atoms with Crippen LogP contribution in [0.1, 0.15) is 34.8 Å². The fourth-order valence-corrected chi connectivity index (χ4v) is 4.62. The Balaban J connectivity index is 1.48. The number of carbonyl (C=O) groups excluding carboxylic acids is 1. The number of halogens is 3. The average molecular weight is 465 g/mol. The van der Waals surface area contributed by atoms with Gasteiger partial charge in [-0.15, -0.1) is 0 Å². The molecule has 0 radical (unpaired) electrons. The Morgan fingerprint density at radius 2 is 1.71 bits per heavy atom. The van der Waals surface area contributed by atoms with Crippen molar-refractivity contribution < 1.29 is 18.0 Å². The number of nitrogens with zero attached hydrogens (tertiary/aromatic N) is 5. The number of fused-ring (bicyclic) bond motifs is 1. The number of aromatic nitrogens is 4. The molecule has 1 amide bonds. The molecule has 0 aliphatic carbocycles. The van der Waals surface area contributed by atoms with Crippen molar-refractivity contribution in [3.63, 3.8) is 0 Å². The van der Waals surface area contributed by atoms with Gasteiger partial charge < -0.3 is 9.47 Å².